The summed E-state index contributed by atoms with van der Waals surface area (Å²) in [5.41, 5.74) is 1.25. The highest BCUT2D eigenvalue weighted by molar-refractivity contribution is 14.0. The van der Waals surface area contributed by atoms with Gasteiger partial charge >= 0.3 is 0 Å². The second-order valence-corrected chi connectivity index (χ2v) is 7.84. The number of hydrogen-bond donors (Lipinski definition) is 1. The number of fused-ring (bicyclic) bond motifs is 1. The zero-order chi connectivity index (χ0) is 17.3. The summed E-state index contributed by atoms with van der Waals surface area (Å²) in [6.45, 7) is 9.02. The Morgan fingerprint density at radius 1 is 1.40 bits per heavy atom. The molecule has 1 aliphatic heterocycles. The van der Waals surface area contributed by atoms with E-state index in [4.69, 9.17) is 21.3 Å². The molecule has 3 unspecified atom stereocenters. The molecular weight excluding hydrogens is 449 g/mol. The van der Waals surface area contributed by atoms with Gasteiger partial charge in [-0.3, -0.25) is 4.99 Å². The third-order valence-electron chi connectivity index (χ3n) is 5.42. The first-order valence-corrected chi connectivity index (χ1v) is 9.20. The Kier molecular flexibility index (Phi) is 7.01. The van der Waals surface area contributed by atoms with Gasteiger partial charge in [0.1, 0.15) is 0 Å². The maximum absolute atomic E-state index is 6.31. The molecule has 0 radical (unpaired) electrons. The van der Waals surface area contributed by atoms with E-state index in [-0.39, 0.29) is 29.4 Å². The Balaban J connectivity index is 0.00000225. The average Bonchev–Trinajstić information content (AvgIpc) is 3.00. The lowest BCUT2D eigenvalue weighted by atomic mass is 9.57. The number of rotatable bonds is 4. The molecule has 0 bridgehead atoms. The molecule has 1 aliphatic carbocycles. The minimum atomic E-state index is 0. The second kappa shape index (κ2) is 8.44. The fraction of sp³-hybridized carbons (Fsp3) is 0.632. The Labute approximate surface area is 173 Å². The van der Waals surface area contributed by atoms with Crippen LogP contribution in [0.3, 0.4) is 0 Å². The first-order chi connectivity index (χ1) is 11.4. The molecule has 0 spiro atoms. The van der Waals surface area contributed by atoms with E-state index in [9.17, 15) is 0 Å². The first kappa shape index (κ1) is 20.8. The summed E-state index contributed by atoms with van der Waals surface area (Å²) in [4.78, 5) is 6.86. The van der Waals surface area contributed by atoms with Gasteiger partial charge < -0.3 is 15.0 Å². The van der Waals surface area contributed by atoms with Gasteiger partial charge in [0.05, 0.1) is 6.10 Å². The van der Waals surface area contributed by atoms with Gasteiger partial charge in [0.25, 0.3) is 0 Å². The van der Waals surface area contributed by atoms with Crippen LogP contribution in [0.1, 0.15) is 32.8 Å². The molecule has 1 saturated carbocycles. The van der Waals surface area contributed by atoms with E-state index in [1.807, 2.05) is 18.2 Å². The molecule has 0 amide bonds. The number of nitrogens with zero attached hydrogens (tertiary/aromatic N) is 2. The SMILES string of the molecule is CCN=C(NC1C2CCOC2C1(C)C)N(C)Cc1ccccc1Cl.I. The summed E-state index contributed by atoms with van der Waals surface area (Å²) in [6.07, 6.45) is 1.52. The highest BCUT2D eigenvalue weighted by atomic mass is 127. The lowest BCUT2D eigenvalue weighted by Gasteiger charge is -2.55. The van der Waals surface area contributed by atoms with E-state index >= 15 is 0 Å². The van der Waals surface area contributed by atoms with Crippen LogP contribution in [0.4, 0.5) is 0 Å². The Hall–Kier alpha value is -0.530. The summed E-state index contributed by atoms with van der Waals surface area (Å²) < 4.78 is 5.90. The van der Waals surface area contributed by atoms with Crippen LogP contribution < -0.4 is 5.32 Å². The highest BCUT2D eigenvalue weighted by Gasteiger charge is 2.59. The van der Waals surface area contributed by atoms with Crippen molar-refractivity contribution in [1.82, 2.24) is 10.2 Å². The first-order valence-electron chi connectivity index (χ1n) is 8.82. The second-order valence-electron chi connectivity index (χ2n) is 7.43. The minimum Gasteiger partial charge on any atom is -0.377 e. The fourth-order valence-corrected chi connectivity index (χ4v) is 4.34. The summed E-state index contributed by atoms with van der Waals surface area (Å²) >= 11 is 6.31. The smallest absolute Gasteiger partial charge is 0.194 e. The third kappa shape index (κ3) is 4.08. The maximum Gasteiger partial charge on any atom is 0.194 e. The van der Waals surface area contributed by atoms with Crippen molar-refractivity contribution in [2.24, 2.45) is 16.3 Å². The molecule has 140 valence electrons. The largest absolute Gasteiger partial charge is 0.377 e. The molecule has 1 N–H and O–H groups in total. The van der Waals surface area contributed by atoms with Gasteiger partial charge in [-0.25, -0.2) is 0 Å². The Morgan fingerprint density at radius 2 is 2.12 bits per heavy atom. The van der Waals surface area contributed by atoms with Crippen molar-refractivity contribution >= 4 is 41.5 Å². The molecule has 2 fully saturated rings. The van der Waals surface area contributed by atoms with E-state index in [2.05, 4.69) is 44.1 Å². The highest BCUT2D eigenvalue weighted by Crippen LogP contribution is 2.52. The van der Waals surface area contributed by atoms with Gasteiger partial charge in [-0.1, -0.05) is 43.6 Å². The molecule has 1 saturated heterocycles. The molecular formula is C19H29ClIN3O. The number of halogens is 2. The molecule has 3 atom stereocenters. The van der Waals surface area contributed by atoms with E-state index in [1.54, 1.807) is 0 Å². The molecule has 6 heteroatoms. The van der Waals surface area contributed by atoms with Crippen LogP contribution >= 0.6 is 35.6 Å². The molecule has 1 heterocycles. The van der Waals surface area contributed by atoms with Gasteiger partial charge in [0.2, 0.25) is 0 Å². The van der Waals surface area contributed by atoms with E-state index < -0.39 is 0 Å². The van der Waals surface area contributed by atoms with Crippen LogP contribution in [0.2, 0.25) is 5.02 Å². The quantitative estimate of drug-likeness (QED) is 0.402. The molecule has 2 aliphatic rings. The summed E-state index contributed by atoms with van der Waals surface area (Å²) in [5, 5.41) is 4.51. The molecule has 0 aromatic heterocycles. The van der Waals surface area contributed by atoms with Gasteiger partial charge in [-0.15, -0.1) is 24.0 Å². The average molecular weight is 478 g/mol. The number of aliphatic imine (C=N–C) groups is 1. The predicted octanol–water partition coefficient (Wildman–Crippen LogP) is 4.17. The molecule has 1 aromatic carbocycles. The van der Waals surface area contributed by atoms with E-state index in [1.165, 1.54) is 0 Å². The topological polar surface area (TPSA) is 36.9 Å². The third-order valence-corrected chi connectivity index (χ3v) is 5.79. The number of benzene rings is 1. The van der Waals surface area contributed by atoms with Crippen LogP contribution in [0.5, 0.6) is 0 Å². The normalized spacial score (nSPS) is 27.1. The lowest BCUT2D eigenvalue weighted by Crippen LogP contribution is -2.67. The van der Waals surface area contributed by atoms with Crippen molar-refractivity contribution in [3.8, 4) is 0 Å². The zero-order valence-electron chi connectivity index (χ0n) is 15.5. The summed E-state index contributed by atoms with van der Waals surface area (Å²) in [7, 11) is 2.07. The number of nitrogens with one attached hydrogen (secondary N) is 1. The van der Waals surface area contributed by atoms with Crippen LogP contribution in [0, 0.1) is 11.3 Å². The standard InChI is InChI=1S/C19H28ClN3O.HI/c1-5-21-18(23(4)12-13-8-6-7-9-15(13)20)22-16-14-10-11-24-17(14)19(16,2)3;/h6-9,14,16-17H,5,10-12H2,1-4H3,(H,21,22);1H. The summed E-state index contributed by atoms with van der Waals surface area (Å²) in [5.74, 6) is 1.54. The fourth-order valence-electron chi connectivity index (χ4n) is 4.14. The van der Waals surface area contributed by atoms with Crippen molar-refractivity contribution < 1.29 is 4.74 Å². The Morgan fingerprint density at radius 3 is 2.80 bits per heavy atom. The number of hydrogen-bond acceptors (Lipinski definition) is 2. The van der Waals surface area contributed by atoms with Crippen LogP contribution in [0.25, 0.3) is 0 Å². The monoisotopic (exact) mass is 477 g/mol. The lowest BCUT2D eigenvalue weighted by molar-refractivity contribution is -0.107. The van der Waals surface area contributed by atoms with E-state index in [0.29, 0.717) is 18.1 Å². The molecule has 3 rings (SSSR count). The predicted molar refractivity (Wildman–Crippen MR) is 115 cm³/mol. The molecule has 1 aromatic rings. The Bertz CT molecular complexity index is 622. The maximum atomic E-state index is 6.31. The summed E-state index contributed by atoms with van der Waals surface area (Å²) in [6, 6.07) is 8.39. The van der Waals surface area contributed by atoms with Crippen molar-refractivity contribution in [1.29, 1.82) is 0 Å². The van der Waals surface area contributed by atoms with E-state index in [0.717, 1.165) is 42.7 Å². The van der Waals surface area contributed by atoms with Gasteiger partial charge in [-0.05, 0) is 25.0 Å². The van der Waals surface area contributed by atoms with Crippen molar-refractivity contribution in [3.63, 3.8) is 0 Å². The van der Waals surface area contributed by atoms with Crippen molar-refractivity contribution in [2.45, 2.75) is 45.9 Å². The van der Waals surface area contributed by atoms with Crippen LogP contribution in [0.15, 0.2) is 29.3 Å². The van der Waals surface area contributed by atoms with Crippen molar-refractivity contribution in [3.05, 3.63) is 34.9 Å². The number of guanidine groups is 1. The molecule has 25 heavy (non-hydrogen) atoms. The van der Waals surface area contributed by atoms with Gasteiger partial charge in [-0.2, -0.15) is 0 Å². The van der Waals surface area contributed by atoms with Crippen molar-refractivity contribution in [2.75, 3.05) is 20.2 Å². The number of ether oxygens (including phenoxy) is 1. The minimum absolute atomic E-state index is 0. The van der Waals surface area contributed by atoms with Gasteiger partial charge in [0, 0.05) is 49.1 Å². The molecule has 4 nitrogen and oxygen atoms in total. The van der Waals surface area contributed by atoms with Crippen LogP contribution in [-0.4, -0.2) is 43.2 Å². The zero-order valence-corrected chi connectivity index (χ0v) is 18.5. The van der Waals surface area contributed by atoms with Gasteiger partial charge in [0.15, 0.2) is 5.96 Å². The van der Waals surface area contributed by atoms with Crippen LogP contribution in [-0.2, 0) is 11.3 Å².